The van der Waals surface area contributed by atoms with E-state index in [1.807, 2.05) is 30.3 Å². The topological polar surface area (TPSA) is 61.4 Å². The molecule has 0 aromatic heterocycles. The summed E-state index contributed by atoms with van der Waals surface area (Å²) in [6.07, 6.45) is 1.08. The van der Waals surface area contributed by atoms with Gasteiger partial charge in [-0.25, -0.2) is 4.79 Å². The number of anilines is 1. The predicted molar refractivity (Wildman–Crippen MR) is 90.1 cm³/mol. The van der Waals surface area contributed by atoms with E-state index in [-0.39, 0.29) is 12.1 Å². The maximum atomic E-state index is 11.0. The Kier molecular flexibility index (Phi) is 3.51. The predicted octanol–water partition coefficient (Wildman–Crippen LogP) is 3.86. The van der Waals surface area contributed by atoms with Crippen LogP contribution in [0.3, 0.4) is 0 Å². The van der Waals surface area contributed by atoms with Gasteiger partial charge in [0.2, 0.25) is 0 Å². The van der Waals surface area contributed by atoms with Crippen LogP contribution < -0.4 is 10.6 Å². The van der Waals surface area contributed by atoms with Crippen molar-refractivity contribution in [1.29, 1.82) is 0 Å². The summed E-state index contributed by atoms with van der Waals surface area (Å²) in [6.45, 7) is 0.979. The molecule has 0 unspecified atom stereocenters. The highest BCUT2D eigenvalue weighted by Gasteiger charge is 2.40. The average Bonchev–Trinajstić information content (AvgIpc) is 3.04. The van der Waals surface area contributed by atoms with Crippen LogP contribution in [-0.4, -0.2) is 17.6 Å². The second kappa shape index (κ2) is 5.55. The first kappa shape index (κ1) is 14.5. The zero-order valence-electron chi connectivity index (χ0n) is 12.4. The summed E-state index contributed by atoms with van der Waals surface area (Å²) < 4.78 is 0. The molecule has 1 saturated heterocycles. The number of nitrogens with one attached hydrogen (secondary N) is 2. The maximum absolute atomic E-state index is 11.0. The lowest BCUT2D eigenvalue weighted by Gasteiger charge is -2.37. The lowest BCUT2D eigenvalue weighted by atomic mass is 9.80. The van der Waals surface area contributed by atoms with Gasteiger partial charge < -0.3 is 15.7 Å². The van der Waals surface area contributed by atoms with E-state index in [0.717, 1.165) is 29.2 Å². The van der Waals surface area contributed by atoms with Crippen LogP contribution in [0.15, 0.2) is 42.5 Å². The number of carbonyl (C=O) groups is 1. The van der Waals surface area contributed by atoms with Crippen LogP contribution >= 0.6 is 11.6 Å². The molecular formula is C18H17ClN2O2. The van der Waals surface area contributed by atoms with Crippen LogP contribution in [0.1, 0.15) is 40.0 Å². The summed E-state index contributed by atoms with van der Waals surface area (Å²) in [5.41, 5.74) is 3.75. The zero-order chi connectivity index (χ0) is 16.0. The molecule has 2 aliphatic heterocycles. The first-order valence-corrected chi connectivity index (χ1v) is 8.14. The molecule has 0 aliphatic carbocycles. The quantitative estimate of drug-likeness (QED) is 0.783. The molecule has 2 aromatic carbocycles. The van der Waals surface area contributed by atoms with Gasteiger partial charge in [-0.3, -0.25) is 0 Å². The molecule has 0 radical (unpaired) electrons. The van der Waals surface area contributed by atoms with Gasteiger partial charge in [-0.15, -0.1) is 0 Å². The number of hydrogen-bond acceptors (Lipinski definition) is 3. The van der Waals surface area contributed by atoms with Crippen molar-refractivity contribution in [3.63, 3.8) is 0 Å². The summed E-state index contributed by atoms with van der Waals surface area (Å²) in [4.78, 5) is 11.0. The Morgan fingerprint density at radius 2 is 1.91 bits per heavy atom. The van der Waals surface area contributed by atoms with Crippen molar-refractivity contribution < 1.29 is 9.90 Å². The Morgan fingerprint density at radius 3 is 2.65 bits per heavy atom. The molecule has 0 saturated carbocycles. The number of carboxylic acids is 1. The van der Waals surface area contributed by atoms with Crippen molar-refractivity contribution >= 4 is 23.3 Å². The molecule has 0 spiro atoms. The number of aromatic carboxylic acids is 1. The van der Waals surface area contributed by atoms with E-state index < -0.39 is 5.97 Å². The Labute approximate surface area is 139 Å². The van der Waals surface area contributed by atoms with Gasteiger partial charge in [0.1, 0.15) is 0 Å². The molecule has 2 heterocycles. The minimum atomic E-state index is -0.895. The largest absolute Gasteiger partial charge is 0.478 e. The number of hydrogen-bond donors (Lipinski definition) is 3. The summed E-state index contributed by atoms with van der Waals surface area (Å²) in [7, 11) is 0. The Balaban J connectivity index is 1.72. The number of rotatable bonds is 2. The third kappa shape index (κ3) is 2.48. The molecule has 1 fully saturated rings. The van der Waals surface area contributed by atoms with E-state index in [1.54, 1.807) is 12.1 Å². The van der Waals surface area contributed by atoms with Crippen molar-refractivity contribution in [2.45, 2.75) is 18.5 Å². The maximum Gasteiger partial charge on any atom is 0.335 e. The third-order valence-corrected chi connectivity index (χ3v) is 5.11. The smallest absolute Gasteiger partial charge is 0.335 e. The van der Waals surface area contributed by atoms with E-state index in [0.29, 0.717) is 11.5 Å². The molecule has 4 nitrogen and oxygen atoms in total. The van der Waals surface area contributed by atoms with Crippen LogP contribution in [0.2, 0.25) is 5.02 Å². The molecule has 5 heteroatoms. The highest BCUT2D eigenvalue weighted by Crippen LogP contribution is 2.47. The molecule has 23 heavy (non-hydrogen) atoms. The van der Waals surface area contributed by atoms with Gasteiger partial charge in [0.15, 0.2) is 0 Å². The SMILES string of the molecule is O=C(O)c1ccc([C@H]2Nc3ccc(Cl)cc3[C@@H]3NCC[C@@H]23)cc1. The molecule has 0 amide bonds. The van der Waals surface area contributed by atoms with Gasteiger partial charge in [0.05, 0.1) is 11.6 Å². The molecule has 118 valence electrons. The van der Waals surface area contributed by atoms with E-state index >= 15 is 0 Å². The summed E-state index contributed by atoms with van der Waals surface area (Å²) in [5, 5.41) is 17.0. The van der Waals surface area contributed by atoms with Gasteiger partial charge in [-0.1, -0.05) is 23.7 Å². The van der Waals surface area contributed by atoms with Gasteiger partial charge in [-0.2, -0.15) is 0 Å². The Hall–Kier alpha value is -2.04. The van der Waals surface area contributed by atoms with Crippen molar-refractivity contribution in [2.75, 3.05) is 11.9 Å². The first-order valence-electron chi connectivity index (χ1n) is 7.76. The molecule has 3 atom stereocenters. The van der Waals surface area contributed by atoms with Crippen LogP contribution in [0.25, 0.3) is 0 Å². The van der Waals surface area contributed by atoms with Gasteiger partial charge in [0.25, 0.3) is 0 Å². The highest BCUT2D eigenvalue weighted by atomic mass is 35.5. The fraction of sp³-hybridized carbons (Fsp3) is 0.278. The Bertz CT molecular complexity index is 760. The molecule has 4 rings (SSSR count). The number of carboxylic acid groups (broad SMARTS) is 1. The minimum absolute atomic E-state index is 0.173. The number of fused-ring (bicyclic) bond motifs is 3. The molecule has 2 aromatic rings. The average molecular weight is 329 g/mol. The fourth-order valence-electron chi connectivity index (χ4n) is 3.78. The zero-order valence-corrected chi connectivity index (χ0v) is 13.2. The van der Waals surface area contributed by atoms with Crippen LogP contribution in [-0.2, 0) is 0 Å². The fourth-order valence-corrected chi connectivity index (χ4v) is 3.96. The van der Waals surface area contributed by atoms with Crippen molar-refractivity contribution in [3.05, 3.63) is 64.2 Å². The normalized spacial score (nSPS) is 25.3. The summed E-state index contributed by atoms with van der Waals surface area (Å²) in [6, 6.07) is 13.6. The Morgan fingerprint density at radius 1 is 1.13 bits per heavy atom. The lowest BCUT2D eigenvalue weighted by molar-refractivity contribution is 0.0697. The van der Waals surface area contributed by atoms with Gasteiger partial charge in [-0.05, 0) is 54.4 Å². The second-order valence-electron chi connectivity index (χ2n) is 6.17. The molecular weight excluding hydrogens is 312 g/mol. The van der Waals surface area contributed by atoms with Crippen LogP contribution in [0.4, 0.5) is 5.69 Å². The molecule has 3 N–H and O–H groups in total. The second-order valence-corrected chi connectivity index (χ2v) is 6.60. The number of benzene rings is 2. The lowest BCUT2D eigenvalue weighted by Crippen LogP contribution is -2.32. The molecule has 0 bridgehead atoms. The highest BCUT2D eigenvalue weighted by molar-refractivity contribution is 6.30. The summed E-state index contributed by atoms with van der Waals surface area (Å²) in [5.74, 6) is -0.467. The first-order chi connectivity index (χ1) is 11.1. The standard InChI is InChI=1S/C18H17ClN2O2/c19-12-5-6-15-14(9-12)17-13(7-8-20-17)16(21-15)10-1-3-11(4-2-10)18(22)23/h1-6,9,13,16-17,20-21H,7-8H2,(H,22,23)/t13-,16+,17+/m0/s1. The van der Waals surface area contributed by atoms with Crippen molar-refractivity contribution in [1.82, 2.24) is 5.32 Å². The molecule has 2 aliphatic rings. The number of halogens is 1. The third-order valence-electron chi connectivity index (χ3n) is 4.87. The van der Waals surface area contributed by atoms with E-state index in [1.165, 1.54) is 5.56 Å². The van der Waals surface area contributed by atoms with E-state index in [4.69, 9.17) is 16.7 Å². The van der Waals surface area contributed by atoms with E-state index in [2.05, 4.69) is 10.6 Å². The monoisotopic (exact) mass is 328 g/mol. The van der Waals surface area contributed by atoms with Crippen molar-refractivity contribution in [2.24, 2.45) is 5.92 Å². The van der Waals surface area contributed by atoms with E-state index in [9.17, 15) is 4.79 Å². The van der Waals surface area contributed by atoms with Crippen molar-refractivity contribution in [3.8, 4) is 0 Å². The summed E-state index contributed by atoms with van der Waals surface area (Å²) >= 11 is 6.16. The van der Waals surface area contributed by atoms with Gasteiger partial charge in [0, 0.05) is 22.7 Å². The van der Waals surface area contributed by atoms with Crippen LogP contribution in [0, 0.1) is 5.92 Å². The minimum Gasteiger partial charge on any atom is -0.478 e. The van der Waals surface area contributed by atoms with Crippen LogP contribution in [0.5, 0.6) is 0 Å². The van der Waals surface area contributed by atoms with Gasteiger partial charge >= 0.3 is 5.97 Å².